The minimum Gasteiger partial charge on any atom is -0.396 e. The average Bonchev–Trinajstić information content (AvgIpc) is 3.36. The Labute approximate surface area is 389 Å². The van der Waals surface area contributed by atoms with E-state index in [0.29, 0.717) is 0 Å². The first-order chi connectivity index (χ1) is 32.5. The van der Waals surface area contributed by atoms with Crippen LogP contribution in [0.3, 0.4) is 0 Å². The van der Waals surface area contributed by atoms with Crippen molar-refractivity contribution < 1.29 is 20.4 Å². The minimum absolute atomic E-state index is 0.192. The average molecular weight is 887 g/mol. The molecule has 66 heavy (non-hydrogen) atoms. The summed E-state index contributed by atoms with van der Waals surface area (Å²) >= 11 is 0. The van der Waals surface area contributed by atoms with Crippen LogP contribution in [0.4, 0.5) is 34.1 Å². The van der Waals surface area contributed by atoms with Crippen molar-refractivity contribution in [3.05, 3.63) is 156 Å². The number of azo groups is 2. The third kappa shape index (κ3) is 16.4. The Bertz CT molecular complexity index is 2250. The second-order valence-electron chi connectivity index (χ2n) is 15.9. The van der Waals surface area contributed by atoms with Gasteiger partial charge in [-0.15, -0.1) is 0 Å². The van der Waals surface area contributed by atoms with Gasteiger partial charge >= 0.3 is 0 Å². The maximum atomic E-state index is 9.20. The summed E-state index contributed by atoms with van der Waals surface area (Å²) in [6.45, 7) is 4.20. The predicted octanol–water partition coefficient (Wildman–Crippen LogP) is 12.0. The van der Waals surface area contributed by atoms with E-state index < -0.39 is 0 Å². The molecule has 0 radical (unpaired) electrons. The lowest BCUT2D eigenvalue weighted by molar-refractivity contribution is 0.281. The molecule has 0 spiro atoms. The number of pyridine rings is 2. The van der Waals surface area contributed by atoms with E-state index in [2.05, 4.69) is 88.8 Å². The highest BCUT2D eigenvalue weighted by Gasteiger charge is 2.09. The zero-order valence-electron chi connectivity index (χ0n) is 37.7. The number of anilines is 2. The number of unbranched alkanes of at least 4 members (excludes halogenated alkanes) is 4. The number of aliphatic hydroxyl groups excluding tert-OH is 4. The molecule has 12 heteroatoms. The lowest BCUT2D eigenvalue weighted by Crippen LogP contribution is -2.26. The van der Waals surface area contributed by atoms with Gasteiger partial charge in [0.05, 0.1) is 34.1 Å². The molecule has 0 saturated heterocycles. The third-order valence-electron chi connectivity index (χ3n) is 10.9. The molecule has 4 aromatic carbocycles. The largest absolute Gasteiger partial charge is 0.396 e. The highest BCUT2D eigenvalue weighted by Crippen LogP contribution is 2.26. The number of hydrogen-bond donors (Lipinski definition) is 4. The lowest BCUT2D eigenvalue weighted by Gasteiger charge is -2.25. The van der Waals surface area contributed by atoms with E-state index in [1.54, 1.807) is 12.4 Å². The molecule has 0 unspecified atom stereocenters. The molecular formula is C54H62N8O4. The Morgan fingerprint density at radius 3 is 0.939 bits per heavy atom. The van der Waals surface area contributed by atoms with Crippen LogP contribution >= 0.6 is 0 Å². The molecule has 0 atom stereocenters. The molecule has 2 heterocycles. The van der Waals surface area contributed by atoms with Crippen molar-refractivity contribution in [2.45, 2.75) is 51.4 Å². The second kappa shape index (κ2) is 27.6. The van der Waals surface area contributed by atoms with Gasteiger partial charge in [0.1, 0.15) is 0 Å². The quantitative estimate of drug-likeness (QED) is 0.0293. The topological polar surface area (TPSA) is 163 Å². The predicted molar refractivity (Wildman–Crippen MR) is 269 cm³/mol. The van der Waals surface area contributed by atoms with Gasteiger partial charge in [0.2, 0.25) is 0 Å². The SMILES string of the molecule is OCCCCN(CCCCO)c1ccc(N=Nc2ccc(/C=C/c3ccnc(-c4cc(/C=C/c5ccc(N=Nc6ccc(N(CCCCO)CCCCO)cc6)cc5)ccn4)c3)cc2)cc1. The number of benzene rings is 4. The molecule has 0 bridgehead atoms. The van der Waals surface area contributed by atoms with E-state index in [1.165, 1.54) is 0 Å². The summed E-state index contributed by atoms with van der Waals surface area (Å²) < 4.78 is 0. The van der Waals surface area contributed by atoms with Gasteiger partial charge in [-0.05, 0) is 171 Å². The second-order valence-corrected chi connectivity index (χ2v) is 15.9. The summed E-state index contributed by atoms with van der Waals surface area (Å²) in [6, 6.07) is 39.9. The van der Waals surface area contributed by atoms with E-state index in [4.69, 9.17) is 0 Å². The summed E-state index contributed by atoms with van der Waals surface area (Å²) in [6.07, 6.45) is 18.6. The number of aliphatic hydroxyl groups is 4. The van der Waals surface area contributed by atoms with Crippen molar-refractivity contribution in [2.75, 3.05) is 62.4 Å². The van der Waals surface area contributed by atoms with Crippen molar-refractivity contribution in [1.29, 1.82) is 0 Å². The van der Waals surface area contributed by atoms with E-state index in [-0.39, 0.29) is 26.4 Å². The first-order valence-electron chi connectivity index (χ1n) is 23.0. The van der Waals surface area contributed by atoms with Gasteiger partial charge in [-0.2, -0.15) is 20.5 Å². The summed E-state index contributed by atoms with van der Waals surface area (Å²) in [7, 11) is 0. The Hall–Kier alpha value is -6.70. The molecule has 0 aliphatic rings. The zero-order valence-corrected chi connectivity index (χ0v) is 37.7. The summed E-state index contributed by atoms with van der Waals surface area (Å²) in [5.74, 6) is 0. The highest BCUT2D eigenvalue weighted by molar-refractivity contribution is 5.74. The van der Waals surface area contributed by atoms with Gasteiger partial charge in [0.15, 0.2) is 0 Å². The molecule has 0 fully saturated rings. The van der Waals surface area contributed by atoms with Gasteiger partial charge in [0.25, 0.3) is 0 Å². The van der Waals surface area contributed by atoms with E-state index >= 15 is 0 Å². The van der Waals surface area contributed by atoms with Gasteiger partial charge in [0, 0.05) is 76.4 Å². The molecule has 6 rings (SSSR count). The van der Waals surface area contributed by atoms with Gasteiger partial charge in [-0.1, -0.05) is 48.6 Å². The van der Waals surface area contributed by atoms with Crippen molar-refractivity contribution in [2.24, 2.45) is 20.5 Å². The van der Waals surface area contributed by atoms with E-state index in [9.17, 15) is 20.4 Å². The summed E-state index contributed by atoms with van der Waals surface area (Å²) in [5, 5.41) is 54.6. The highest BCUT2D eigenvalue weighted by atomic mass is 16.3. The van der Waals surface area contributed by atoms with Crippen LogP contribution < -0.4 is 9.80 Å². The van der Waals surface area contributed by atoms with Crippen LogP contribution in [0.15, 0.2) is 154 Å². The van der Waals surface area contributed by atoms with Crippen LogP contribution in [0.5, 0.6) is 0 Å². The summed E-state index contributed by atoms with van der Waals surface area (Å²) in [4.78, 5) is 13.8. The van der Waals surface area contributed by atoms with Crippen molar-refractivity contribution in [3.8, 4) is 11.4 Å². The van der Waals surface area contributed by atoms with Gasteiger partial charge in [-0.25, -0.2) is 0 Å². The van der Waals surface area contributed by atoms with Crippen LogP contribution in [0, 0.1) is 0 Å². The van der Waals surface area contributed by atoms with E-state index in [0.717, 1.165) is 145 Å². The van der Waals surface area contributed by atoms with Crippen LogP contribution in [0.25, 0.3) is 35.7 Å². The van der Waals surface area contributed by atoms with Crippen molar-refractivity contribution in [1.82, 2.24) is 9.97 Å². The number of rotatable bonds is 27. The van der Waals surface area contributed by atoms with Crippen LogP contribution in [-0.4, -0.2) is 83.0 Å². The van der Waals surface area contributed by atoms with Crippen LogP contribution in [0.1, 0.15) is 73.6 Å². The Morgan fingerprint density at radius 1 is 0.348 bits per heavy atom. The number of hydrogen-bond acceptors (Lipinski definition) is 12. The molecule has 0 aliphatic heterocycles. The normalized spacial score (nSPS) is 11.8. The molecule has 0 amide bonds. The van der Waals surface area contributed by atoms with Crippen LogP contribution in [0.2, 0.25) is 0 Å². The Morgan fingerprint density at radius 2 is 0.636 bits per heavy atom. The molecule has 4 N–H and O–H groups in total. The molecular weight excluding hydrogens is 825 g/mol. The maximum Gasteiger partial charge on any atom is 0.0892 e. The minimum atomic E-state index is 0.192. The lowest BCUT2D eigenvalue weighted by atomic mass is 10.1. The summed E-state index contributed by atoms with van der Waals surface area (Å²) in [5.41, 5.74) is 10.9. The molecule has 342 valence electrons. The molecule has 0 saturated carbocycles. The fourth-order valence-electron chi connectivity index (χ4n) is 7.16. The fraction of sp³-hybridized carbons (Fsp3) is 0.296. The molecule has 0 aliphatic carbocycles. The first-order valence-corrected chi connectivity index (χ1v) is 23.0. The van der Waals surface area contributed by atoms with Crippen LogP contribution in [-0.2, 0) is 0 Å². The molecule has 2 aromatic heterocycles. The number of nitrogens with zero attached hydrogens (tertiary/aromatic N) is 8. The van der Waals surface area contributed by atoms with Gasteiger partial charge < -0.3 is 30.2 Å². The Balaban J connectivity index is 1.00. The smallest absolute Gasteiger partial charge is 0.0892 e. The first kappa shape index (κ1) is 48.7. The van der Waals surface area contributed by atoms with Crippen molar-refractivity contribution in [3.63, 3.8) is 0 Å². The molecule has 6 aromatic rings. The number of aromatic nitrogens is 2. The monoisotopic (exact) mass is 886 g/mol. The Kier molecular flexibility index (Phi) is 20.4. The standard InChI is InChI=1S/C54H62N8O4/c63-37-5-1-33-61(34-2-6-38-64)51-25-21-49(22-26-51)59-57-47-17-13-43(14-18-47)9-11-45-29-31-55-53(41-45)54-42-46(30-32-56-54)12-10-44-15-19-48(20-16-44)58-60-50-23-27-52(28-24-50)62(35-3-7-39-65)36-4-8-40-66/h9-32,41-42,63-66H,1-8,33-40H2/b11-9+,12-10+,59-57?,60-58?. The van der Waals surface area contributed by atoms with Crippen molar-refractivity contribution >= 4 is 58.4 Å². The zero-order chi connectivity index (χ0) is 46.0. The third-order valence-corrected chi connectivity index (χ3v) is 10.9. The molecule has 12 nitrogen and oxygen atoms in total. The maximum absolute atomic E-state index is 9.20. The van der Waals surface area contributed by atoms with Gasteiger partial charge in [-0.3, -0.25) is 9.97 Å². The fourth-order valence-corrected chi connectivity index (χ4v) is 7.16. The van der Waals surface area contributed by atoms with E-state index in [1.807, 2.05) is 97.1 Å².